The van der Waals surface area contributed by atoms with Crippen molar-refractivity contribution in [1.29, 1.82) is 0 Å². The van der Waals surface area contributed by atoms with Crippen molar-refractivity contribution in [3.8, 4) is 11.5 Å². The Labute approximate surface area is 170 Å². The molecule has 0 aliphatic heterocycles. The lowest BCUT2D eigenvalue weighted by Crippen LogP contribution is -2.28. The van der Waals surface area contributed by atoms with Gasteiger partial charge >= 0.3 is 0 Å². The molecule has 0 aliphatic rings. The van der Waals surface area contributed by atoms with Crippen LogP contribution in [0.2, 0.25) is 0 Å². The number of pyridine rings is 2. The van der Waals surface area contributed by atoms with Gasteiger partial charge in [-0.3, -0.25) is 9.78 Å². The number of hydrogen-bond donors (Lipinski definition) is 1. The number of ether oxygens (including phenoxy) is 2. The lowest BCUT2D eigenvalue weighted by molar-refractivity contribution is 0.0796. The number of carbonyl (C=O) groups excluding carboxylic acids is 1. The third kappa shape index (κ3) is 5.22. The molecule has 150 valence electrons. The van der Waals surface area contributed by atoms with Gasteiger partial charge in [0.25, 0.3) is 5.91 Å². The van der Waals surface area contributed by atoms with Crippen molar-refractivity contribution in [1.82, 2.24) is 14.9 Å². The summed E-state index contributed by atoms with van der Waals surface area (Å²) in [7, 11) is 4.98. The largest absolute Gasteiger partial charge is 0.497 e. The molecule has 2 heterocycles. The third-order valence-electron chi connectivity index (χ3n) is 4.51. The van der Waals surface area contributed by atoms with Crippen LogP contribution in [0.4, 0.5) is 11.5 Å². The Kier molecular flexibility index (Phi) is 6.63. The van der Waals surface area contributed by atoms with E-state index in [1.54, 1.807) is 63.0 Å². The van der Waals surface area contributed by atoms with E-state index in [-0.39, 0.29) is 5.91 Å². The van der Waals surface area contributed by atoms with Crippen molar-refractivity contribution in [2.24, 2.45) is 0 Å². The van der Waals surface area contributed by atoms with Gasteiger partial charge in [-0.2, -0.15) is 0 Å². The molecule has 0 aliphatic carbocycles. The van der Waals surface area contributed by atoms with Gasteiger partial charge in [-0.1, -0.05) is 0 Å². The second kappa shape index (κ2) is 9.54. The Bertz CT molecular complexity index is 963. The van der Waals surface area contributed by atoms with Gasteiger partial charge in [0.05, 0.1) is 19.9 Å². The molecule has 7 nitrogen and oxygen atoms in total. The van der Waals surface area contributed by atoms with Crippen LogP contribution in [0.5, 0.6) is 11.5 Å². The number of carbonyl (C=O) groups is 1. The van der Waals surface area contributed by atoms with Gasteiger partial charge in [0.1, 0.15) is 17.3 Å². The average Bonchev–Trinajstić information content (AvgIpc) is 2.78. The summed E-state index contributed by atoms with van der Waals surface area (Å²) in [5.74, 6) is 1.81. The Hall–Kier alpha value is -3.61. The molecule has 0 radical (unpaired) electrons. The molecule has 7 heteroatoms. The van der Waals surface area contributed by atoms with Crippen LogP contribution in [-0.2, 0) is 6.42 Å². The van der Waals surface area contributed by atoms with Crippen LogP contribution >= 0.6 is 0 Å². The monoisotopic (exact) mass is 392 g/mol. The van der Waals surface area contributed by atoms with Crippen LogP contribution in [0, 0.1) is 0 Å². The molecular weight excluding hydrogens is 368 g/mol. The molecule has 0 unspecified atom stereocenters. The molecule has 0 spiro atoms. The first-order valence-electron chi connectivity index (χ1n) is 9.20. The Balaban J connectivity index is 1.69. The molecule has 0 atom stereocenters. The predicted molar refractivity (Wildman–Crippen MR) is 112 cm³/mol. The van der Waals surface area contributed by atoms with Gasteiger partial charge in [0.2, 0.25) is 0 Å². The normalized spacial score (nSPS) is 10.3. The average molecular weight is 392 g/mol. The minimum Gasteiger partial charge on any atom is -0.497 e. The van der Waals surface area contributed by atoms with Crippen LogP contribution in [0.25, 0.3) is 0 Å². The molecule has 3 aromatic rings. The summed E-state index contributed by atoms with van der Waals surface area (Å²) >= 11 is 0. The quantitative estimate of drug-likeness (QED) is 0.632. The number of rotatable bonds is 8. The number of nitrogens with zero attached hydrogens (tertiary/aromatic N) is 3. The van der Waals surface area contributed by atoms with Crippen molar-refractivity contribution >= 4 is 17.4 Å². The summed E-state index contributed by atoms with van der Waals surface area (Å²) in [6, 6.07) is 12.8. The standard InChI is InChI=1S/C22H24N4O3/c1-26(13-9-16-6-10-23-11-7-16)22(27)17-8-12-24-21(14-17)25-19-5-4-18(28-2)15-20(19)29-3/h4-8,10-12,14-15H,9,13H2,1-3H3,(H,24,25). The number of likely N-dealkylation sites (N-methyl/N-ethyl adjacent to an activating group) is 1. The summed E-state index contributed by atoms with van der Waals surface area (Å²) in [6.07, 6.45) is 5.89. The molecule has 1 amide bonds. The second-order valence-electron chi connectivity index (χ2n) is 6.45. The Morgan fingerprint density at radius 1 is 1.03 bits per heavy atom. The van der Waals surface area contributed by atoms with Crippen molar-refractivity contribution in [3.63, 3.8) is 0 Å². The molecule has 0 saturated carbocycles. The number of nitrogens with one attached hydrogen (secondary N) is 1. The van der Waals surface area contributed by atoms with Crippen molar-refractivity contribution in [2.45, 2.75) is 6.42 Å². The van der Waals surface area contributed by atoms with Gasteiger partial charge in [0, 0.05) is 43.8 Å². The first-order valence-corrected chi connectivity index (χ1v) is 9.20. The maximum Gasteiger partial charge on any atom is 0.253 e. The summed E-state index contributed by atoms with van der Waals surface area (Å²) in [5, 5.41) is 3.20. The summed E-state index contributed by atoms with van der Waals surface area (Å²) in [5.41, 5.74) is 2.44. The molecule has 0 fully saturated rings. The second-order valence-corrected chi connectivity index (χ2v) is 6.45. The maximum absolute atomic E-state index is 12.8. The fraction of sp³-hybridized carbons (Fsp3) is 0.227. The van der Waals surface area contributed by atoms with Crippen LogP contribution < -0.4 is 14.8 Å². The molecule has 1 N–H and O–H groups in total. The topological polar surface area (TPSA) is 76.6 Å². The predicted octanol–water partition coefficient (Wildman–Crippen LogP) is 3.55. The minimum atomic E-state index is -0.0637. The molecule has 1 aromatic carbocycles. The van der Waals surface area contributed by atoms with Crippen LogP contribution in [0.3, 0.4) is 0 Å². The van der Waals surface area contributed by atoms with E-state index in [0.717, 1.165) is 17.7 Å². The zero-order chi connectivity index (χ0) is 20.6. The fourth-order valence-electron chi connectivity index (χ4n) is 2.84. The third-order valence-corrected chi connectivity index (χ3v) is 4.51. The van der Waals surface area contributed by atoms with E-state index in [1.165, 1.54) is 0 Å². The molecule has 0 saturated heterocycles. The number of hydrogen-bond acceptors (Lipinski definition) is 6. The highest BCUT2D eigenvalue weighted by Crippen LogP contribution is 2.31. The first kappa shape index (κ1) is 20.1. The zero-order valence-electron chi connectivity index (χ0n) is 16.8. The molecular formula is C22H24N4O3. The fourth-order valence-corrected chi connectivity index (χ4v) is 2.84. The molecule has 0 bridgehead atoms. The number of anilines is 2. The van der Waals surface area contributed by atoms with E-state index >= 15 is 0 Å². The van der Waals surface area contributed by atoms with E-state index in [0.29, 0.717) is 29.4 Å². The maximum atomic E-state index is 12.8. The molecule has 2 aromatic heterocycles. The summed E-state index contributed by atoms with van der Waals surface area (Å²) in [4.78, 5) is 22.8. The van der Waals surface area contributed by atoms with E-state index in [4.69, 9.17) is 9.47 Å². The Morgan fingerprint density at radius 3 is 2.55 bits per heavy atom. The van der Waals surface area contributed by atoms with Crippen LogP contribution in [-0.4, -0.2) is 48.6 Å². The SMILES string of the molecule is COc1ccc(Nc2cc(C(=O)N(C)CCc3ccncc3)ccn2)c(OC)c1. The van der Waals surface area contributed by atoms with Gasteiger partial charge in [-0.15, -0.1) is 0 Å². The highest BCUT2D eigenvalue weighted by molar-refractivity contribution is 5.94. The van der Waals surface area contributed by atoms with Crippen molar-refractivity contribution in [3.05, 3.63) is 72.2 Å². The van der Waals surface area contributed by atoms with E-state index in [1.807, 2.05) is 24.3 Å². The van der Waals surface area contributed by atoms with Gasteiger partial charge < -0.3 is 19.7 Å². The van der Waals surface area contributed by atoms with E-state index < -0.39 is 0 Å². The number of benzene rings is 1. The number of amides is 1. The first-order chi connectivity index (χ1) is 14.1. The number of methoxy groups -OCH3 is 2. The zero-order valence-corrected chi connectivity index (χ0v) is 16.8. The van der Waals surface area contributed by atoms with Crippen molar-refractivity contribution < 1.29 is 14.3 Å². The number of aromatic nitrogens is 2. The lowest BCUT2D eigenvalue weighted by atomic mass is 10.1. The highest BCUT2D eigenvalue weighted by atomic mass is 16.5. The summed E-state index contributed by atoms with van der Waals surface area (Å²) < 4.78 is 10.6. The minimum absolute atomic E-state index is 0.0637. The van der Waals surface area contributed by atoms with Gasteiger partial charge in [-0.05, 0) is 48.4 Å². The summed E-state index contributed by atoms with van der Waals surface area (Å²) in [6.45, 7) is 0.611. The molecule has 29 heavy (non-hydrogen) atoms. The van der Waals surface area contributed by atoms with Gasteiger partial charge in [0.15, 0.2) is 0 Å². The highest BCUT2D eigenvalue weighted by Gasteiger charge is 2.13. The van der Waals surface area contributed by atoms with Gasteiger partial charge in [-0.25, -0.2) is 4.98 Å². The van der Waals surface area contributed by atoms with E-state index in [2.05, 4.69) is 15.3 Å². The van der Waals surface area contributed by atoms with E-state index in [9.17, 15) is 4.79 Å². The smallest absolute Gasteiger partial charge is 0.253 e. The van der Waals surface area contributed by atoms with Crippen LogP contribution in [0.1, 0.15) is 15.9 Å². The molecule has 3 rings (SSSR count). The van der Waals surface area contributed by atoms with Crippen molar-refractivity contribution in [2.75, 3.05) is 33.1 Å². The van der Waals surface area contributed by atoms with Crippen LogP contribution in [0.15, 0.2) is 61.1 Å². The lowest BCUT2D eigenvalue weighted by Gasteiger charge is -2.18. The Morgan fingerprint density at radius 2 is 1.83 bits per heavy atom.